The highest BCUT2D eigenvalue weighted by atomic mass is 32.1. The van der Waals surface area contributed by atoms with Crippen LogP contribution >= 0.6 is 11.3 Å². The molecule has 0 saturated carbocycles. The summed E-state index contributed by atoms with van der Waals surface area (Å²) < 4.78 is 2.25. The maximum Gasteiger partial charge on any atom is 0.138 e. The van der Waals surface area contributed by atoms with E-state index in [1.54, 1.807) is 17.7 Å². The number of rotatable bonds is 4. The summed E-state index contributed by atoms with van der Waals surface area (Å²) in [5.74, 6) is 3.13. The number of nitrogens with zero attached hydrogens (tertiary/aromatic N) is 5. The summed E-state index contributed by atoms with van der Waals surface area (Å²) >= 11 is 1.75. The van der Waals surface area contributed by atoms with E-state index in [4.69, 9.17) is 0 Å². The van der Waals surface area contributed by atoms with Gasteiger partial charge in [0.15, 0.2) is 0 Å². The molecule has 3 aromatic rings. The summed E-state index contributed by atoms with van der Waals surface area (Å²) in [6.45, 7) is 5.20. The Balaban J connectivity index is 1.60. The quantitative estimate of drug-likeness (QED) is 0.797. The molecule has 6 nitrogen and oxygen atoms in total. The molecule has 3 aromatic heterocycles. The zero-order chi connectivity index (χ0) is 15.8. The SMILES string of the molecule is CCc1cc2c(N[C@@H]3CCc4nnc(CC)n4C3)ncnc2s1. The van der Waals surface area contributed by atoms with E-state index in [9.17, 15) is 0 Å². The van der Waals surface area contributed by atoms with Gasteiger partial charge in [-0.05, 0) is 18.9 Å². The molecule has 1 N–H and O–H groups in total. The molecule has 0 radical (unpaired) electrons. The normalized spacial score (nSPS) is 17.4. The predicted octanol–water partition coefficient (Wildman–Crippen LogP) is 2.83. The van der Waals surface area contributed by atoms with E-state index in [0.717, 1.165) is 59.9 Å². The number of nitrogens with one attached hydrogen (secondary N) is 1. The number of aromatic nitrogens is 5. The van der Waals surface area contributed by atoms with Crippen molar-refractivity contribution >= 4 is 27.4 Å². The maximum absolute atomic E-state index is 4.48. The molecule has 0 aliphatic carbocycles. The van der Waals surface area contributed by atoms with Crippen molar-refractivity contribution < 1.29 is 0 Å². The largest absolute Gasteiger partial charge is 0.365 e. The zero-order valence-electron chi connectivity index (χ0n) is 13.4. The van der Waals surface area contributed by atoms with Crippen LogP contribution in [0, 0.1) is 0 Å². The number of thiophene rings is 1. The van der Waals surface area contributed by atoms with Crippen molar-refractivity contribution in [2.75, 3.05) is 5.32 Å². The third-order valence-corrected chi connectivity index (χ3v) is 5.60. The van der Waals surface area contributed by atoms with Gasteiger partial charge >= 0.3 is 0 Å². The van der Waals surface area contributed by atoms with Crippen LogP contribution < -0.4 is 5.32 Å². The second-order valence-electron chi connectivity index (χ2n) is 5.88. The average Bonchev–Trinajstić information content (AvgIpc) is 3.18. The standard InChI is InChI=1S/C16H20N6S/c1-3-11-7-12-15(17-9-18-16(12)23-11)19-10-5-6-14-21-20-13(4-2)22(14)8-10/h7,9-10H,3-6,8H2,1-2H3,(H,17,18,19)/t10-/m1/s1. The van der Waals surface area contributed by atoms with E-state index >= 15 is 0 Å². The van der Waals surface area contributed by atoms with E-state index < -0.39 is 0 Å². The first-order chi connectivity index (χ1) is 11.3. The van der Waals surface area contributed by atoms with Crippen molar-refractivity contribution in [2.45, 2.75) is 52.1 Å². The Morgan fingerprint density at radius 2 is 2.17 bits per heavy atom. The number of anilines is 1. The molecular formula is C16H20N6S. The van der Waals surface area contributed by atoms with Gasteiger partial charge in [-0.15, -0.1) is 21.5 Å². The van der Waals surface area contributed by atoms with Crippen LogP contribution in [0.1, 0.15) is 36.8 Å². The summed E-state index contributed by atoms with van der Waals surface area (Å²) in [5.41, 5.74) is 0. The summed E-state index contributed by atoms with van der Waals surface area (Å²) in [5, 5.41) is 13.3. The Bertz CT molecular complexity index is 823. The van der Waals surface area contributed by atoms with E-state index in [1.807, 2.05) is 0 Å². The topological polar surface area (TPSA) is 68.5 Å². The Kier molecular flexibility index (Phi) is 3.72. The van der Waals surface area contributed by atoms with Crippen LogP contribution in [-0.4, -0.2) is 30.8 Å². The molecule has 1 aliphatic rings. The van der Waals surface area contributed by atoms with Gasteiger partial charge in [0.2, 0.25) is 0 Å². The van der Waals surface area contributed by atoms with Gasteiger partial charge in [-0.1, -0.05) is 13.8 Å². The second kappa shape index (κ2) is 5.88. The fraction of sp³-hybridized carbons (Fsp3) is 0.500. The van der Waals surface area contributed by atoms with Gasteiger partial charge in [-0.3, -0.25) is 0 Å². The fourth-order valence-corrected chi connectivity index (χ4v) is 4.09. The van der Waals surface area contributed by atoms with Crippen LogP contribution in [-0.2, 0) is 25.8 Å². The summed E-state index contributed by atoms with van der Waals surface area (Å²) in [6.07, 6.45) is 5.63. The van der Waals surface area contributed by atoms with Crippen LogP contribution in [0.25, 0.3) is 10.2 Å². The predicted molar refractivity (Wildman–Crippen MR) is 91.9 cm³/mol. The number of hydrogen-bond donors (Lipinski definition) is 1. The lowest BCUT2D eigenvalue weighted by molar-refractivity contribution is 0.465. The van der Waals surface area contributed by atoms with Gasteiger partial charge in [0.1, 0.15) is 28.6 Å². The minimum Gasteiger partial charge on any atom is -0.365 e. The molecule has 1 atom stereocenters. The first-order valence-corrected chi connectivity index (χ1v) is 9.01. The molecule has 0 aromatic carbocycles. The molecule has 23 heavy (non-hydrogen) atoms. The molecule has 0 unspecified atom stereocenters. The highest BCUT2D eigenvalue weighted by molar-refractivity contribution is 7.18. The van der Waals surface area contributed by atoms with Crippen molar-refractivity contribution in [3.63, 3.8) is 0 Å². The molecule has 0 amide bonds. The lowest BCUT2D eigenvalue weighted by atomic mass is 10.1. The van der Waals surface area contributed by atoms with Crippen LogP contribution in [0.2, 0.25) is 0 Å². The van der Waals surface area contributed by atoms with E-state index in [-0.39, 0.29) is 0 Å². The van der Waals surface area contributed by atoms with Gasteiger partial charge in [0.25, 0.3) is 0 Å². The van der Waals surface area contributed by atoms with Crippen LogP contribution in [0.3, 0.4) is 0 Å². The van der Waals surface area contributed by atoms with E-state index in [0.29, 0.717) is 6.04 Å². The summed E-state index contributed by atoms with van der Waals surface area (Å²) in [4.78, 5) is 11.3. The molecule has 120 valence electrons. The van der Waals surface area contributed by atoms with Crippen molar-refractivity contribution in [3.05, 3.63) is 28.9 Å². The van der Waals surface area contributed by atoms with Crippen LogP contribution in [0.5, 0.6) is 0 Å². The number of fused-ring (bicyclic) bond motifs is 2. The average molecular weight is 328 g/mol. The monoisotopic (exact) mass is 328 g/mol. The Morgan fingerprint density at radius 3 is 3.00 bits per heavy atom. The smallest absolute Gasteiger partial charge is 0.138 e. The molecule has 4 heterocycles. The molecule has 1 aliphatic heterocycles. The van der Waals surface area contributed by atoms with Gasteiger partial charge < -0.3 is 9.88 Å². The molecule has 0 fully saturated rings. The lowest BCUT2D eigenvalue weighted by Gasteiger charge is -2.25. The molecule has 0 bridgehead atoms. The van der Waals surface area contributed by atoms with Crippen molar-refractivity contribution in [3.8, 4) is 0 Å². The highest BCUT2D eigenvalue weighted by Crippen LogP contribution is 2.29. The van der Waals surface area contributed by atoms with Crippen molar-refractivity contribution in [1.29, 1.82) is 0 Å². The maximum atomic E-state index is 4.48. The van der Waals surface area contributed by atoms with Crippen LogP contribution in [0.4, 0.5) is 5.82 Å². The minimum absolute atomic E-state index is 0.354. The highest BCUT2D eigenvalue weighted by Gasteiger charge is 2.23. The Hall–Kier alpha value is -2.02. The first kappa shape index (κ1) is 14.6. The zero-order valence-corrected chi connectivity index (χ0v) is 14.2. The lowest BCUT2D eigenvalue weighted by Crippen LogP contribution is -2.32. The fourth-order valence-electron chi connectivity index (χ4n) is 3.15. The van der Waals surface area contributed by atoms with Gasteiger partial charge in [0, 0.05) is 30.3 Å². The molecule has 0 saturated heterocycles. The molecule has 7 heteroatoms. The van der Waals surface area contributed by atoms with E-state index in [2.05, 4.69) is 50.0 Å². The van der Waals surface area contributed by atoms with Gasteiger partial charge in [-0.25, -0.2) is 9.97 Å². The van der Waals surface area contributed by atoms with Gasteiger partial charge in [0.05, 0.1) is 5.39 Å². The molecule has 0 spiro atoms. The summed E-state index contributed by atoms with van der Waals surface area (Å²) in [7, 11) is 0. The third-order valence-electron chi connectivity index (χ3n) is 4.41. The second-order valence-corrected chi connectivity index (χ2v) is 7.00. The third kappa shape index (κ3) is 2.59. The summed E-state index contributed by atoms with van der Waals surface area (Å²) in [6, 6.07) is 2.57. The van der Waals surface area contributed by atoms with Gasteiger partial charge in [-0.2, -0.15) is 0 Å². The molecular weight excluding hydrogens is 308 g/mol. The van der Waals surface area contributed by atoms with Crippen molar-refractivity contribution in [2.24, 2.45) is 0 Å². The minimum atomic E-state index is 0.354. The number of hydrogen-bond acceptors (Lipinski definition) is 6. The first-order valence-electron chi connectivity index (χ1n) is 8.19. The van der Waals surface area contributed by atoms with Crippen molar-refractivity contribution in [1.82, 2.24) is 24.7 Å². The van der Waals surface area contributed by atoms with E-state index in [1.165, 1.54) is 4.88 Å². The number of aryl methyl sites for hydroxylation is 3. The molecule has 4 rings (SSSR count). The van der Waals surface area contributed by atoms with Crippen LogP contribution in [0.15, 0.2) is 12.4 Å². The Labute approximate surface area is 139 Å². The Morgan fingerprint density at radius 1 is 1.26 bits per heavy atom.